The largest absolute Gasteiger partial charge is 0.481 e. The van der Waals surface area contributed by atoms with E-state index < -0.39 is 36.0 Å². The number of aromatic nitrogens is 2. The SMILES string of the molecule is O=C(O)CCCCC[n+]1ccccc1-c1nc2c(o1)c(S(=O)(=O)O)cc1cc(S(=O)(=O)O)ccc12. The van der Waals surface area contributed by atoms with Gasteiger partial charge in [0, 0.05) is 30.4 Å². The van der Waals surface area contributed by atoms with Crippen LogP contribution < -0.4 is 4.57 Å². The van der Waals surface area contributed by atoms with Crippen LogP contribution in [0.4, 0.5) is 0 Å². The van der Waals surface area contributed by atoms with Crippen LogP contribution in [0.25, 0.3) is 33.5 Å². The zero-order chi connectivity index (χ0) is 25.4. The highest BCUT2D eigenvalue weighted by Gasteiger charge is 2.26. The van der Waals surface area contributed by atoms with E-state index in [4.69, 9.17) is 9.52 Å². The lowest BCUT2D eigenvalue weighted by atomic mass is 10.1. The number of rotatable bonds is 9. The molecule has 0 amide bonds. The molecule has 0 aliphatic carbocycles. The van der Waals surface area contributed by atoms with Crippen molar-refractivity contribution >= 4 is 48.1 Å². The topological polar surface area (TPSA) is 176 Å². The van der Waals surface area contributed by atoms with Gasteiger partial charge in [0.2, 0.25) is 0 Å². The lowest BCUT2D eigenvalue weighted by Gasteiger charge is -2.04. The number of aliphatic carboxylic acids is 1. The molecule has 0 aliphatic rings. The Hall–Kier alpha value is -3.39. The second-order valence-corrected chi connectivity index (χ2v) is 10.7. The molecule has 0 atom stereocenters. The monoisotopic (exact) mass is 521 g/mol. The van der Waals surface area contributed by atoms with Crippen LogP contribution in [-0.2, 0) is 31.6 Å². The van der Waals surface area contributed by atoms with E-state index in [1.54, 1.807) is 24.4 Å². The first-order chi connectivity index (χ1) is 16.4. The maximum Gasteiger partial charge on any atom is 0.303 e. The summed E-state index contributed by atoms with van der Waals surface area (Å²) in [6.45, 7) is 0.526. The fourth-order valence-corrected chi connectivity index (χ4v) is 4.98. The van der Waals surface area contributed by atoms with Crippen LogP contribution >= 0.6 is 0 Å². The van der Waals surface area contributed by atoms with Gasteiger partial charge >= 0.3 is 5.97 Å². The molecule has 2 aromatic carbocycles. The molecule has 35 heavy (non-hydrogen) atoms. The van der Waals surface area contributed by atoms with Crippen LogP contribution in [0, 0.1) is 0 Å². The minimum atomic E-state index is -4.78. The molecule has 0 spiro atoms. The molecule has 11 nitrogen and oxygen atoms in total. The molecule has 0 radical (unpaired) electrons. The maximum atomic E-state index is 12.1. The number of carboxylic acids is 1. The number of unbranched alkanes of at least 4 members (excludes halogenated alkanes) is 2. The Balaban J connectivity index is 1.82. The zero-order valence-corrected chi connectivity index (χ0v) is 19.8. The number of carbonyl (C=O) groups is 1. The number of oxazole rings is 1. The summed E-state index contributed by atoms with van der Waals surface area (Å²) in [5, 5.41) is 9.24. The smallest absolute Gasteiger partial charge is 0.303 e. The molecule has 0 saturated carbocycles. The Labute approximate surface area is 200 Å². The van der Waals surface area contributed by atoms with Gasteiger partial charge in [0.1, 0.15) is 17.0 Å². The third-order valence-electron chi connectivity index (χ3n) is 5.44. The Kier molecular flexibility index (Phi) is 6.60. The van der Waals surface area contributed by atoms with Crippen LogP contribution in [0.5, 0.6) is 0 Å². The minimum absolute atomic E-state index is 0.0717. The van der Waals surface area contributed by atoms with Gasteiger partial charge in [-0.1, -0.05) is 6.07 Å². The third-order valence-corrected chi connectivity index (χ3v) is 7.15. The van der Waals surface area contributed by atoms with E-state index >= 15 is 0 Å². The fourth-order valence-electron chi connectivity index (χ4n) is 3.81. The summed E-state index contributed by atoms with van der Waals surface area (Å²) in [7, 11) is -9.33. The van der Waals surface area contributed by atoms with Crippen LogP contribution in [0.1, 0.15) is 25.7 Å². The average Bonchev–Trinajstić information content (AvgIpc) is 3.22. The van der Waals surface area contributed by atoms with Gasteiger partial charge in [-0.3, -0.25) is 13.9 Å². The van der Waals surface area contributed by atoms with E-state index in [9.17, 15) is 30.7 Å². The van der Waals surface area contributed by atoms with Crippen molar-refractivity contribution in [3.8, 4) is 11.6 Å². The van der Waals surface area contributed by atoms with Crippen LogP contribution in [0.15, 0.2) is 62.9 Å². The summed E-state index contributed by atoms with van der Waals surface area (Å²) in [5.74, 6) is -0.780. The van der Waals surface area contributed by atoms with Gasteiger partial charge in [0.25, 0.3) is 31.8 Å². The lowest BCUT2D eigenvalue weighted by Crippen LogP contribution is -2.35. The molecule has 0 aliphatic heterocycles. The molecule has 2 heterocycles. The average molecular weight is 522 g/mol. The number of carboxylic acid groups (broad SMARTS) is 1. The fraction of sp³-hybridized carbons (Fsp3) is 0.227. The molecule has 4 rings (SSSR count). The highest BCUT2D eigenvalue weighted by Crippen LogP contribution is 2.35. The Bertz CT molecular complexity index is 1660. The number of pyridine rings is 1. The molecular formula is C22H21N2O9S2+. The number of fused-ring (bicyclic) bond motifs is 3. The van der Waals surface area contributed by atoms with Crippen molar-refractivity contribution in [1.82, 2.24) is 4.98 Å². The second-order valence-electron chi connectivity index (χ2n) is 7.89. The second kappa shape index (κ2) is 9.34. The van der Waals surface area contributed by atoms with Crippen molar-refractivity contribution in [2.45, 2.75) is 42.0 Å². The predicted molar refractivity (Wildman–Crippen MR) is 123 cm³/mol. The van der Waals surface area contributed by atoms with Crippen LogP contribution in [0.2, 0.25) is 0 Å². The standard InChI is InChI=1S/C22H20N2O9S2/c25-19(26)7-2-1-4-10-24-11-5-3-6-17(24)22-23-20-16-9-8-15(34(27,28)29)12-14(16)13-18(21(20)33-22)35(30,31)32/h3,5-6,8-9,11-13H,1-2,4,7,10H2,(H2-,25,26,27,28,29,30,31,32)/p+1. The molecule has 0 unspecified atom stereocenters. The first-order valence-electron chi connectivity index (χ1n) is 10.5. The Morgan fingerprint density at radius 1 is 0.971 bits per heavy atom. The van der Waals surface area contributed by atoms with Gasteiger partial charge in [-0.15, -0.1) is 0 Å². The van der Waals surface area contributed by atoms with E-state index in [1.165, 1.54) is 6.07 Å². The number of nitrogens with zero attached hydrogens (tertiary/aromatic N) is 2. The van der Waals surface area contributed by atoms with Gasteiger partial charge in [0.15, 0.2) is 11.8 Å². The molecular weight excluding hydrogens is 500 g/mol. The quantitative estimate of drug-likeness (QED) is 0.168. The summed E-state index contributed by atoms with van der Waals surface area (Å²) in [6, 6.07) is 9.89. The molecule has 0 saturated heterocycles. The van der Waals surface area contributed by atoms with Crippen LogP contribution in [-0.4, -0.2) is 42.0 Å². The van der Waals surface area contributed by atoms with Gasteiger partial charge < -0.3 is 9.52 Å². The van der Waals surface area contributed by atoms with E-state index in [1.807, 2.05) is 4.57 Å². The van der Waals surface area contributed by atoms with Crippen LogP contribution in [0.3, 0.4) is 0 Å². The molecule has 0 fully saturated rings. The van der Waals surface area contributed by atoms with Crippen molar-refractivity contribution in [3.63, 3.8) is 0 Å². The summed E-state index contributed by atoms with van der Waals surface area (Å²) in [5.41, 5.74) is 0.404. The Morgan fingerprint density at radius 2 is 1.74 bits per heavy atom. The van der Waals surface area contributed by atoms with Gasteiger partial charge in [-0.25, -0.2) is 4.98 Å². The third kappa shape index (κ3) is 5.32. The van der Waals surface area contributed by atoms with Gasteiger partial charge in [0.05, 0.1) is 4.90 Å². The predicted octanol–water partition coefficient (Wildman–Crippen LogP) is 3.07. The number of benzene rings is 2. The van der Waals surface area contributed by atoms with Crippen molar-refractivity contribution < 1.29 is 44.8 Å². The highest BCUT2D eigenvalue weighted by molar-refractivity contribution is 7.86. The molecule has 184 valence electrons. The summed E-state index contributed by atoms with van der Waals surface area (Å²) in [6.07, 6.45) is 3.78. The first kappa shape index (κ1) is 24.7. The maximum absolute atomic E-state index is 12.1. The molecule has 3 N–H and O–H groups in total. The lowest BCUT2D eigenvalue weighted by molar-refractivity contribution is -0.687. The number of hydrogen-bond acceptors (Lipinski definition) is 7. The summed E-state index contributed by atoms with van der Waals surface area (Å²) < 4.78 is 74.0. The Morgan fingerprint density at radius 3 is 2.43 bits per heavy atom. The van der Waals surface area contributed by atoms with Crippen molar-refractivity contribution in [2.24, 2.45) is 0 Å². The van der Waals surface area contributed by atoms with E-state index in [-0.39, 0.29) is 28.8 Å². The molecule has 2 aromatic heterocycles. The van der Waals surface area contributed by atoms with Crippen molar-refractivity contribution in [2.75, 3.05) is 0 Å². The van der Waals surface area contributed by atoms with E-state index in [0.717, 1.165) is 18.2 Å². The highest BCUT2D eigenvalue weighted by atomic mass is 32.2. The number of aryl methyl sites for hydroxylation is 1. The van der Waals surface area contributed by atoms with E-state index in [2.05, 4.69) is 4.98 Å². The summed E-state index contributed by atoms with van der Waals surface area (Å²) >= 11 is 0. The van der Waals surface area contributed by atoms with Crippen molar-refractivity contribution in [3.05, 3.63) is 48.7 Å². The summed E-state index contributed by atoms with van der Waals surface area (Å²) in [4.78, 5) is 14.1. The zero-order valence-electron chi connectivity index (χ0n) is 18.2. The number of hydrogen-bond donors (Lipinski definition) is 3. The minimum Gasteiger partial charge on any atom is -0.481 e. The van der Waals surface area contributed by atoms with E-state index in [0.29, 0.717) is 36.9 Å². The first-order valence-corrected chi connectivity index (χ1v) is 13.4. The molecule has 4 aromatic rings. The van der Waals surface area contributed by atoms with Crippen molar-refractivity contribution in [1.29, 1.82) is 0 Å². The van der Waals surface area contributed by atoms with Gasteiger partial charge in [-0.05, 0) is 42.5 Å². The van der Waals surface area contributed by atoms with Gasteiger partial charge in [-0.2, -0.15) is 21.4 Å². The normalized spacial score (nSPS) is 12.4. The molecule has 13 heteroatoms. The molecule has 0 bridgehead atoms.